The molecule has 1 aliphatic rings. The number of nitrogens with zero attached hydrogens (tertiary/aromatic N) is 2. The quantitative estimate of drug-likeness (QED) is 0.892. The Morgan fingerprint density at radius 2 is 2.09 bits per heavy atom. The number of amides is 1. The van der Waals surface area contributed by atoms with E-state index in [1.54, 1.807) is 16.2 Å². The molecule has 6 nitrogen and oxygen atoms in total. The first-order chi connectivity index (χ1) is 10.6. The van der Waals surface area contributed by atoms with Crippen LogP contribution >= 0.6 is 11.3 Å². The lowest BCUT2D eigenvalue weighted by atomic mass is 9.84. The highest BCUT2D eigenvalue weighted by molar-refractivity contribution is 7.09. The molecular weight excluding hydrogens is 316 g/mol. The third-order valence-electron chi connectivity index (χ3n) is 3.89. The topological polar surface area (TPSA) is 70.1 Å². The number of likely N-dealkylation sites (N-methyl/N-ethyl adjacent to an activating group) is 1. The maximum Gasteiger partial charge on any atom is 0.410 e. The molecule has 0 spiro atoms. The van der Waals surface area contributed by atoms with E-state index in [-0.39, 0.29) is 12.5 Å². The molecular formula is C16H24N2O4S. The van der Waals surface area contributed by atoms with Gasteiger partial charge in [0.25, 0.3) is 0 Å². The van der Waals surface area contributed by atoms with Crippen molar-refractivity contribution in [2.24, 2.45) is 0 Å². The van der Waals surface area contributed by atoms with Gasteiger partial charge < -0.3 is 14.7 Å². The molecule has 1 aromatic rings. The van der Waals surface area contributed by atoms with Crippen LogP contribution in [0.5, 0.6) is 0 Å². The van der Waals surface area contributed by atoms with Gasteiger partial charge in [0.1, 0.15) is 5.60 Å². The van der Waals surface area contributed by atoms with E-state index < -0.39 is 17.1 Å². The second-order valence-electron chi connectivity index (χ2n) is 7.07. The van der Waals surface area contributed by atoms with Crippen LogP contribution in [0, 0.1) is 0 Å². The number of hydrogen-bond acceptors (Lipinski definition) is 5. The standard InChI is InChI=1S/C16H24N2O4S/c1-15(2,3)22-14(21)18-10-16(11-18,8-13(19)20)17(4)9-12-6-5-7-23-12/h5-7H,8-11H2,1-4H3,(H,19,20). The Hall–Kier alpha value is -1.60. The van der Waals surface area contributed by atoms with Gasteiger partial charge in [0, 0.05) is 24.5 Å². The monoisotopic (exact) mass is 340 g/mol. The molecule has 7 heteroatoms. The summed E-state index contributed by atoms with van der Waals surface area (Å²) in [6, 6.07) is 4.01. The van der Waals surface area contributed by atoms with Gasteiger partial charge in [-0.25, -0.2) is 4.79 Å². The smallest absolute Gasteiger partial charge is 0.410 e. The van der Waals surface area contributed by atoms with E-state index in [9.17, 15) is 14.7 Å². The molecule has 0 saturated carbocycles. The molecule has 1 amide bonds. The van der Waals surface area contributed by atoms with Crippen molar-refractivity contribution in [3.05, 3.63) is 22.4 Å². The first-order valence-electron chi connectivity index (χ1n) is 7.55. The average molecular weight is 340 g/mol. The van der Waals surface area contributed by atoms with Crippen LogP contribution in [-0.2, 0) is 16.1 Å². The van der Waals surface area contributed by atoms with Gasteiger partial charge in [-0.3, -0.25) is 9.69 Å². The molecule has 0 aliphatic carbocycles. The van der Waals surface area contributed by atoms with Gasteiger partial charge in [0.15, 0.2) is 0 Å². The van der Waals surface area contributed by atoms with Gasteiger partial charge in [-0.15, -0.1) is 11.3 Å². The maximum atomic E-state index is 12.1. The Labute approximate surface area is 140 Å². The summed E-state index contributed by atoms with van der Waals surface area (Å²) in [6.07, 6.45) is -0.378. The van der Waals surface area contributed by atoms with Gasteiger partial charge in [-0.05, 0) is 39.3 Å². The third-order valence-corrected chi connectivity index (χ3v) is 4.75. The Balaban J connectivity index is 2.02. The fourth-order valence-corrected chi connectivity index (χ4v) is 3.45. The van der Waals surface area contributed by atoms with E-state index in [4.69, 9.17) is 4.74 Å². The number of hydrogen-bond donors (Lipinski definition) is 1. The fourth-order valence-electron chi connectivity index (χ4n) is 2.69. The van der Waals surface area contributed by atoms with Gasteiger partial charge >= 0.3 is 12.1 Å². The molecule has 2 heterocycles. The molecule has 128 valence electrons. The highest BCUT2D eigenvalue weighted by Crippen LogP contribution is 2.33. The summed E-state index contributed by atoms with van der Waals surface area (Å²) in [7, 11) is 1.91. The lowest BCUT2D eigenvalue weighted by molar-refractivity contribution is -0.145. The largest absolute Gasteiger partial charge is 0.481 e. The number of carboxylic acids is 1. The second-order valence-corrected chi connectivity index (χ2v) is 8.10. The van der Waals surface area contributed by atoms with Crippen LogP contribution in [0.2, 0.25) is 0 Å². The van der Waals surface area contributed by atoms with E-state index >= 15 is 0 Å². The summed E-state index contributed by atoms with van der Waals surface area (Å²) in [5, 5.41) is 11.2. The van der Waals surface area contributed by atoms with E-state index in [1.165, 1.54) is 4.88 Å². The van der Waals surface area contributed by atoms with Crippen molar-refractivity contribution in [3.8, 4) is 0 Å². The zero-order valence-electron chi connectivity index (χ0n) is 14.0. The lowest BCUT2D eigenvalue weighted by Gasteiger charge is -2.53. The third kappa shape index (κ3) is 4.45. The molecule has 1 N–H and O–H groups in total. The van der Waals surface area contributed by atoms with Crippen molar-refractivity contribution in [1.82, 2.24) is 9.80 Å². The number of thiophene rings is 1. The van der Waals surface area contributed by atoms with Crippen molar-refractivity contribution in [2.75, 3.05) is 20.1 Å². The molecule has 0 unspecified atom stereocenters. The molecule has 1 aromatic heterocycles. The van der Waals surface area contributed by atoms with Gasteiger partial charge in [0.2, 0.25) is 0 Å². The van der Waals surface area contributed by atoms with Crippen LogP contribution in [-0.4, -0.2) is 58.2 Å². The number of carbonyl (C=O) groups is 2. The molecule has 1 fully saturated rings. The minimum Gasteiger partial charge on any atom is -0.481 e. The summed E-state index contributed by atoms with van der Waals surface area (Å²) in [6.45, 7) is 6.87. The highest BCUT2D eigenvalue weighted by atomic mass is 32.1. The molecule has 0 aromatic carbocycles. The predicted octanol–water partition coefficient (Wildman–Crippen LogP) is 2.64. The number of carboxylic acid groups (broad SMARTS) is 1. The summed E-state index contributed by atoms with van der Waals surface area (Å²) in [5.74, 6) is -0.855. The van der Waals surface area contributed by atoms with Crippen molar-refractivity contribution < 1.29 is 19.4 Å². The zero-order valence-corrected chi connectivity index (χ0v) is 14.9. The average Bonchev–Trinajstić information content (AvgIpc) is 2.83. The SMILES string of the molecule is CN(Cc1cccs1)C1(CC(=O)O)CN(C(=O)OC(C)(C)C)C1. The van der Waals surface area contributed by atoms with Gasteiger partial charge in [-0.1, -0.05) is 6.07 Å². The molecule has 1 saturated heterocycles. The highest BCUT2D eigenvalue weighted by Gasteiger charge is 2.50. The number of ether oxygens (including phenoxy) is 1. The van der Waals surface area contributed by atoms with Crippen LogP contribution in [0.3, 0.4) is 0 Å². The van der Waals surface area contributed by atoms with E-state index in [0.717, 1.165) is 0 Å². The van der Waals surface area contributed by atoms with Crippen LogP contribution < -0.4 is 0 Å². The molecule has 23 heavy (non-hydrogen) atoms. The van der Waals surface area contributed by atoms with E-state index in [0.29, 0.717) is 19.6 Å². The van der Waals surface area contributed by atoms with Crippen molar-refractivity contribution in [1.29, 1.82) is 0 Å². The number of aliphatic carboxylic acids is 1. The maximum absolute atomic E-state index is 12.1. The lowest BCUT2D eigenvalue weighted by Crippen LogP contribution is -2.71. The molecule has 1 aliphatic heterocycles. The number of likely N-dealkylation sites (tertiary alicyclic amines) is 1. The molecule has 0 atom stereocenters. The van der Waals surface area contributed by atoms with Gasteiger partial charge in [-0.2, -0.15) is 0 Å². The molecule has 0 radical (unpaired) electrons. The number of rotatable bonds is 5. The summed E-state index contributed by atoms with van der Waals surface area (Å²) < 4.78 is 5.35. The van der Waals surface area contributed by atoms with Crippen LogP contribution in [0.25, 0.3) is 0 Å². The zero-order chi connectivity index (χ0) is 17.3. The van der Waals surface area contributed by atoms with Gasteiger partial charge in [0.05, 0.1) is 12.0 Å². The number of carbonyl (C=O) groups excluding carboxylic acids is 1. The minimum absolute atomic E-state index is 0.00811. The Morgan fingerprint density at radius 1 is 1.43 bits per heavy atom. The Kier molecular flexibility index (Phi) is 5.01. The van der Waals surface area contributed by atoms with Crippen molar-refractivity contribution in [3.63, 3.8) is 0 Å². The Bertz CT molecular complexity index is 559. The predicted molar refractivity (Wildman–Crippen MR) is 88.6 cm³/mol. The van der Waals surface area contributed by atoms with Crippen LogP contribution in [0.1, 0.15) is 32.1 Å². The van der Waals surface area contributed by atoms with E-state index in [1.807, 2.05) is 50.2 Å². The summed E-state index contributed by atoms with van der Waals surface area (Å²) in [4.78, 5) is 28.1. The normalized spacial score (nSPS) is 17.0. The van der Waals surface area contributed by atoms with Crippen LogP contribution in [0.4, 0.5) is 4.79 Å². The van der Waals surface area contributed by atoms with Crippen molar-refractivity contribution in [2.45, 2.75) is 44.9 Å². The van der Waals surface area contributed by atoms with Crippen LogP contribution in [0.15, 0.2) is 17.5 Å². The second kappa shape index (κ2) is 6.49. The summed E-state index contributed by atoms with van der Waals surface area (Å²) in [5.41, 5.74) is -1.09. The van der Waals surface area contributed by atoms with E-state index in [2.05, 4.69) is 0 Å². The minimum atomic E-state index is -0.855. The summed E-state index contributed by atoms with van der Waals surface area (Å²) >= 11 is 1.64. The first kappa shape index (κ1) is 17.7. The Morgan fingerprint density at radius 3 is 2.57 bits per heavy atom. The fraction of sp³-hybridized carbons (Fsp3) is 0.625. The molecule has 2 rings (SSSR count). The first-order valence-corrected chi connectivity index (χ1v) is 8.43. The molecule has 0 bridgehead atoms. The van der Waals surface area contributed by atoms with Crippen molar-refractivity contribution >= 4 is 23.4 Å².